The predicted molar refractivity (Wildman–Crippen MR) is 75.8 cm³/mol. The minimum atomic E-state index is -0.262. The lowest BCUT2D eigenvalue weighted by molar-refractivity contribution is 0.101. The van der Waals surface area contributed by atoms with Crippen molar-refractivity contribution in [3.05, 3.63) is 29.8 Å². The van der Waals surface area contributed by atoms with Crippen LogP contribution in [-0.4, -0.2) is 9.55 Å². The zero-order valence-electron chi connectivity index (χ0n) is 11.1. The summed E-state index contributed by atoms with van der Waals surface area (Å²) in [5.74, 6) is 0.844. The van der Waals surface area contributed by atoms with Crippen molar-refractivity contribution >= 4 is 22.6 Å². The maximum Gasteiger partial charge on any atom is 0.151 e. The molecule has 0 atom stereocenters. The monoisotopic (exact) mass is 280 g/mol. The molecule has 0 bridgehead atoms. The van der Waals surface area contributed by atoms with Gasteiger partial charge >= 0.3 is 0 Å². The molecule has 1 fully saturated rings. The van der Waals surface area contributed by atoms with E-state index < -0.39 is 0 Å². The molecule has 0 amide bonds. The van der Waals surface area contributed by atoms with Crippen LogP contribution in [0.5, 0.6) is 0 Å². The molecule has 19 heavy (non-hydrogen) atoms. The highest BCUT2D eigenvalue weighted by Gasteiger charge is 2.36. The molecule has 0 N–H and O–H groups in total. The highest BCUT2D eigenvalue weighted by molar-refractivity contribution is 6.16. The Morgan fingerprint density at radius 1 is 1.42 bits per heavy atom. The average Bonchev–Trinajstić information content (AvgIpc) is 2.73. The standard InChI is InChI=1S/C15H18ClFN2/c1-2-15(7-4-8-15)10-19-12-6-3-5-11(17)14(12)18-13(19)9-16/h3,5-6H,2,4,7-10H2,1H3. The van der Waals surface area contributed by atoms with E-state index in [0.717, 1.165) is 24.3 Å². The van der Waals surface area contributed by atoms with Gasteiger partial charge in [-0.05, 0) is 36.8 Å². The fourth-order valence-corrected chi connectivity index (χ4v) is 3.28. The third-order valence-electron chi connectivity index (χ3n) is 4.59. The van der Waals surface area contributed by atoms with Gasteiger partial charge in [0, 0.05) is 6.54 Å². The zero-order valence-corrected chi connectivity index (χ0v) is 11.9. The number of imidazole rings is 1. The Hall–Kier alpha value is -1.09. The molecule has 0 saturated heterocycles. The second-order valence-electron chi connectivity index (χ2n) is 5.56. The van der Waals surface area contributed by atoms with Crippen molar-refractivity contribution in [3.8, 4) is 0 Å². The fourth-order valence-electron chi connectivity index (χ4n) is 3.08. The van der Waals surface area contributed by atoms with Gasteiger partial charge in [-0.2, -0.15) is 0 Å². The normalized spacial score (nSPS) is 17.6. The summed E-state index contributed by atoms with van der Waals surface area (Å²) in [6.45, 7) is 3.14. The van der Waals surface area contributed by atoms with Crippen molar-refractivity contribution in [1.82, 2.24) is 9.55 Å². The van der Waals surface area contributed by atoms with Gasteiger partial charge in [-0.15, -0.1) is 11.6 Å². The molecule has 102 valence electrons. The first kappa shape index (κ1) is 12.9. The van der Waals surface area contributed by atoms with E-state index in [-0.39, 0.29) is 5.82 Å². The Labute approximate surface area is 117 Å². The van der Waals surface area contributed by atoms with Crippen LogP contribution in [0.4, 0.5) is 4.39 Å². The van der Waals surface area contributed by atoms with E-state index in [4.69, 9.17) is 11.6 Å². The van der Waals surface area contributed by atoms with Crippen LogP contribution in [0.3, 0.4) is 0 Å². The first-order valence-electron chi connectivity index (χ1n) is 6.89. The lowest BCUT2D eigenvalue weighted by Crippen LogP contribution is -2.33. The lowest BCUT2D eigenvalue weighted by Gasteiger charge is -2.42. The molecule has 2 nitrogen and oxygen atoms in total. The number of nitrogens with zero attached hydrogens (tertiary/aromatic N) is 2. The third kappa shape index (κ3) is 2.04. The number of alkyl halides is 1. The number of aromatic nitrogens is 2. The van der Waals surface area contributed by atoms with E-state index in [1.165, 1.54) is 25.3 Å². The Morgan fingerprint density at radius 3 is 2.79 bits per heavy atom. The summed E-state index contributed by atoms with van der Waals surface area (Å²) in [5, 5.41) is 0. The molecule has 1 aliphatic carbocycles. The average molecular weight is 281 g/mol. The Balaban J connectivity index is 2.08. The second-order valence-corrected chi connectivity index (χ2v) is 5.83. The summed E-state index contributed by atoms with van der Waals surface area (Å²) in [6.07, 6.45) is 4.95. The van der Waals surface area contributed by atoms with Crippen LogP contribution < -0.4 is 0 Å². The molecule has 1 aliphatic rings. The molecule has 0 radical (unpaired) electrons. The summed E-state index contributed by atoms with van der Waals surface area (Å²) in [5.41, 5.74) is 1.68. The molecule has 2 aromatic rings. The minimum Gasteiger partial charge on any atom is -0.326 e. The molecule has 1 saturated carbocycles. The summed E-state index contributed by atoms with van der Waals surface area (Å²) < 4.78 is 15.9. The molecular formula is C15H18ClFN2. The summed E-state index contributed by atoms with van der Waals surface area (Å²) in [6, 6.07) is 5.13. The van der Waals surface area contributed by atoms with E-state index in [1.807, 2.05) is 6.07 Å². The second kappa shape index (κ2) is 4.78. The number of hydrogen-bond acceptors (Lipinski definition) is 1. The van der Waals surface area contributed by atoms with Gasteiger partial charge in [-0.1, -0.05) is 19.4 Å². The Morgan fingerprint density at radius 2 is 2.21 bits per heavy atom. The van der Waals surface area contributed by atoms with Crippen molar-refractivity contribution in [2.75, 3.05) is 0 Å². The van der Waals surface area contributed by atoms with Gasteiger partial charge in [0.2, 0.25) is 0 Å². The van der Waals surface area contributed by atoms with Crippen LogP contribution in [-0.2, 0) is 12.4 Å². The van der Waals surface area contributed by atoms with Gasteiger partial charge in [-0.3, -0.25) is 0 Å². The quantitative estimate of drug-likeness (QED) is 0.754. The molecule has 0 unspecified atom stereocenters. The number of fused-ring (bicyclic) bond motifs is 1. The van der Waals surface area contributed by atoms with Crippen molar-refractivity contribution in [1.29, 1.82) is 0 Å². The lowest BCUT2D eigenvalue weighted by atomic mass is 9.67. The number of benzene rings is 1. The van der Waals surface area contributed by atoms with Gasteiger partial charge < -0.3 is 4.57 Å². The van der Waals surface area contributed by atoms with E-state index in [1.54, 1.807) is 6.07 Å². The molecule has 4 heteroatoms. The molecule has 1 aromatic carbocycles. The third-order valence-corrected chi connectivity index (χ3v) is 4.83. The first-order valence-corrected chi connectivity index (χ1v) is 7.42. The summed E-state index contributed by atoms with van der Waals surface area (Å²) in [4.78, 5) is 4.36. The maximum atomic E-state index is 13.8. The van der Waals surface area contributed by atoms with Crippen LogP contribution in [0.1, 0.15) is 38.4 Å². The van der Waals surface area contributed by atoms with E-state index in [2.05, 4.69) is 16.5 Å². The van der Waals surface area contributed by atoms with Gasteiger partial charge in [-0.25, -0.2) is 9.37 Å². The van der Waals surface area contributed by atoms with Crippen LogP contribution in [0.2, 0.25) is 0 Å². The van der Waals surface area contributed by atoms with Crippen LogP contribution >= 0.6 is 11.6 Å². The maximum absolute atomic E-state index is 13.8. The van der Waals surface area contributed by atoms with Gasteiger partial charge in [0.25, 0.3) is 0 Å². The Bertz CT molecular complexity index is 596. The van der Waals surface area contributed by atoms with Gasteiger partial charge in [0.15, 0.2) is 5.82 Å². The molecule has 0 spiro atoms. The van der Waals surface area contributed by atoms with Crippen molar-refractivity contribution < 1.29 is 4.39 Å². The van der Waals surface area contributed by atoms with Crippen molar-refractivity contribution in [2.24, 2.45) is 5.41 Å². The molecule has 3 rings (SSSR count). The van der Waals surface area contributed by atoms with Crippen LogP contribution in [0.15, 0.2) is 18.2 Å². The highest BCUT2D eigenvalue weighted by Crippen LogP contribution is 2.45. The van der Waals surface area contributed by atoms with Crippen LogP contribution in [0.25, 0.3) is 11.0 Å². The largest absolute Gasteiger partial charge is 0.326 e. The molecular weight excluding hydrogens is 263 g/mol. The Kier molecular flexibility index (Phi) is 3.25. The number of hydrogen-bond donors (Lipinski definition) is 0. The predicted octanol–water partition coefficient (Wildman–Crippen LogP) is 4.49. The topological polar surface area (TPSA) is 17.8 Å². The molecule has 1 aromatic heterocycles. The fraction of sp³-hybridized carbons (Fsp3) is 0.533. The van der Waals surface area contributed by atoms with Gasteiger partial charge in [0.05, 0.1) is 11.4 Å². The smallest absolute Gasteiger partial charge is 0.151 e. The van der Waals surface area contributed by atoms with E-state index in [9.17, 15) is 4.39 Å². The van der Waals surface area contributed by atoms with Crippen molar-refractivity contribution in [3.63, 3.8) is 0 Å². The summed E-state index contributed by atoms with van der Waals surface area (Å²) in [7, 11) is 0. The highest BCUT2D eigenvalue weighted by atomic mass is 35.5. The van der Waals surface area contributed by atoms with Crippen LogP contribution in [0, 0.1) is 11.2 Å². The number of para-hydroxylation sites is 1. The minimum absolute atomic E-state index is 0.262. The van der Waals surface area contributed by atoms with E-state index in [0.29, 0.717) is 16.8 Å². The summed E-state index contributed by atoms with van der Waals surface area (Å²) >= 11 is 5.98. The number of halogens is 2. The van der Waals surface area contributed by atoms with Crippen molar-refractivity contribution in [2.45, 2.75) is 45.0 Å². The SMILES string of the molecule is CCC1(Cn2c(CCl)nc3c(F)cccc32)CCC1. The zero-order chi connectivity index (χ0) is 13.5. The van der Waals surface area contributed by atoms with E-state index >= 15 is 0 Å². The molecule has 0 aliphatic heterocycles. The first-order chi connectivity index (χ1) is 9.19. The number of rotatable bonds is 4. The van der Waals surface area contributed by atoms with Gasteiger partial charge in [0.1, 0.15) is 11.3 Å². The molecule has 1 heterocycles.